The Hall–Kier alpha value is -0.120. The van der Waals surface area contributed by atoms with Gasteiger partial charge >= 0.3 is 0 Å². The van der Waals surface area contributed by atoms with Gasteiger partial charge in [0.05, 0.1) is 12.2 Å². The number of rotatable bonds is 3. The molecule has 0 aromatic heterocycles. The van der Waals surface area contributed by atoms with E-state index in [1.54, 1.807) is 7.11 Å². The minimum atomic E-state index is -0.141. The fourth-order valence-corrected chi connectivity index (χ4v) is 5.87. The van der Waals surface area contributed by atoms with Crippen LogP contribution in [0.3, 0.4) is 0 Å². The van der Waals surface area contributed by atoms with Crippen LogP contribution in [0.5, 0.6) is 0 Å². The van der Waals surface area contributed by atoms with E-state index in [2.05, 4.69) is 13.8 Å². The first-order valence-corrected chi connectivity index (χ1v) is 7.24. The van der Waals surface area contributed by atoms with Crippen molar-refractivity contribution in [2.45, 2.75) is 64.6 Å². The molecule has 3 fully saturated rings. The molecule has 0 unspecified atom stereocenters. The van der Waals surface area contributed by atoms with Crippen molar-refractivity contribution in [3.63, 3.8) is 0 Å². The van der Waals surface area contributed by atoms with Gasteiger partial charge in [0.1, 0.15) is 6.79 Å². The number of aliphatic hydroxyl groups is 1. The van der Waals surface area contributed by atoms with Crippen LogP contribution < -0.4 is 0 Å². The van der Waals surface area contributed by atoms with Crippen LogP contribution in [0.15, 0.2) is 0 Å². The molecule has 104 valence electrons. The zero-order chi connectivity index (χ0) is 13.0. The standard InChI is InChI=1S/C15H26O3/c1-13-7-11(16)8-15(12(13)18-10-17-3)6-4-5-14(15,2)9-13/h11-12,16H,4-10H2,1-3H3/t11-,12+,13-,14-,15-/m0/s1. The highest BCUT2D eigenvalue weighted by molar-refractivity contribution is 5.20. The van der Waals surface area contributed by atoms with Crippen molar-refractivity contribution in [3.05, 3.63) is 0 Å². The molecule has 3 rings (SSSR count). The number of aliphatic hydroxyl groups excluding tert-OH is 1. The first-order valence-electron chi connectivity index (χ1n) is 7.24. The summed E-state index contributed by atoms with van der Waals surface area (Å²) in [5, 5.41) is 10.3. The monoisotopic (exact) mass is 254 g/mol. The average molecular weight is 254 g/mol. The van der Waals surface area contributed by atoms with Crippen molar-refractivity contribution < 1.29 is 14.6 Å². The van der Waals surface area contributed by atoms with Crippen LogP contribution >= 0.6 is 0 Å². The second-order valence-corrected chi connectivity index (χ2v) is 7.42. The Morgan fingerprint density at radius 2 is 2.00 bits per heavy atom. The zero-order valence-electron chi connectivity index (χ0n) is 11.9. The minimum absolute atomic E-state index is 0.130. The molecular formula is C15H26O3. The van der Waals surface area contributed by atoms with E-state index in [1.807, 2.05) is 0 Å². The highest BCUT2D eigenvalue weighted by atomic mass is 16.7. The van der Waals surface area contributed by atoms with Crippen LogP contribution in [-0.4, -0.2) is 31.2 Å². The molecule has 3 aliphatic carbocycles. The average Bonchev–Trinajstić information content (AvgIpc) is 2.58. The predicted octanol–water partition coefficient (Wildman–Crippen LogP) is 2.72. The van der Waals surface area contributed by atoms with Gasteiger partial charge in [-0.1, -0.05) is 20.3 Å². The summed E-state index contributed by atoms with van der Waals surface area (Å²) in [5.74, 6) is 0. The highest BCUT2D eigenvalue weighted by Crippen LogP contribution is 2.73. The smallest absolute Gasteiger partial charge is 0.146 e. The second kappa shape index (κ2) is 3.94. The fraction of sp³-hybridized carbons (Fsp3) is 1.00. The van der Waals surface area contributed by atoms with Gasteiger partial charge in [-0.3, -0.25) is 0 Å². The summed E-state index contributed by atoms with van der Waals surface area (Å²) in [7, 11) is 1.69. The van der Waals surface area contributed by atoms with E-state index >= 15 is 0 Å². The summed E-state index contributed by atoms with van der Waals surface area (Å²) in [6, 6.07) is 0. The van der Waals surface area contributed by atoms with Crippen molar-refractivity contribution in [1.82, 2.24) is 0 Å². The lowest BCUT2D eigenvalue weighted by Crippen LogP contribution is -2.50. The van der Waals surface area contributed by atoms with Gasteiger partial charge in [-0.25, -0.2) is 0 Å². The van der Waals surface area contributed by atoms with Gasteiger partial charge in [0, 0.05) is 12.5 Å². The maximum absolute atomic E-state index is 10.3. The van der Waals surface area contributed by atoms with Gasteiger partial charge < -0.3 is 14.6 Å². The van der Waals surface area contributed by atoms with Gasteiger partial charge in [0.25, 0.3) is 0 Å². The van der Waals surface area contributed by atoms with Crippen molar-refractivity contribution in [1.29, 1.82) is 0 Å². The summed E-state index contributed by atoms with van der Waals surface area (Å²) in [6.07, 6.45) is 6.93. The van der Waals surface area contributed by atoms with Crippen LogP contribution in [-0.2, 0) is 9.47 Å². The van der Waals surface area contributed by atoms with E-state index in [9.17, 15) is 5.11 Å². The van der Waals surface area contributed by atoms with Crippen LogP contribution in [0.4, 0.5) is 0 Å². The summed E-state index contributed by atoms with van der Waals surface area (Å²) in [4.78, 5) is 0. The van der Waals surface area contributed by atoms with Gasteiger partial charge in [0.2, 0.25) is 0 Å². The molecule has 0 amide bonds. The van der Waals surface area contributed by atoms with Gasteiger partial charge in [-0.2, -0.15) is 0 Å². The van der Waals surface area contributed by atoms with E-state index in [1.165, 1.54) is 25.7 Å². The van der Waals surface area contributed by atoms with Crippen LogP contribution in [0.25, 0.3) is 0 Å². The lowest BCUT2D eigenvalue weighted by molar-refractivity contribution is -0.182. The molecule has 0 heterocycles. The Morgan fingerprint density at radius 1 is 1.22 bits per heavy atom. The Balaban J connectivity index is 1.98. The summed E-state index contributed by atoms with van der Waals surface area (Å²) >= 11 is 0. The molecule has 2 bridgehead atoms. The van der Waals surface area contributed by atoms with Gasteiger partial charge in [0.15, 0.2) is 0 Å². The van der Waals surface area contributed by atoms with E-state index in [0.717, 1.165) is 12.8 Å². The molecule has 3 heteroatoms. The molecule has 0 radical (unpaired) electrons. The SMILES string of the molecule is COCO[C@@H]1[C@@]2(C)C[C@H](O)C[C@@]13CCC[C@@]3(C)C2. The summed E-state index contributed by atoms with van der Waals surface area (Å²) < 4.78 is 11.2. The van der Waals surface area contributed by atoms with Gasteiger partial charge in [-0.15, -0.1) is 0 Å². The normalized spacial score (nSPS) is 54.7. The van der Waals surface area contributed by atoms with Crippen LogP contribution in [0.1, 0.15) is 52.4 Å². The molecule has 0 aliphatic heterocycles. The Morgan fingerprint density at radius 3 is 2.72 bits per heavy atom. The molecule has 3 saturated carbocycles. The van der Waals surface area contributed by atoms with Crippen molar-refractivity contribution in [3.8, 4) is 0 Å². The van der Waals surface area contributed by atoms with Gasteiger partial charge in [-0.05, 0) is 42.9 Å². The highest BCUT2D eigenvalue weighted by Gasteiger charge is 2.70. The fourth-order valence-electron chi connectivity index (χ4n) is 5.87. The predicted molar refractivity (Wildman–Crippen MR) is 69.1 cm³/mol. The summed E-state index contributed by atoms with van der Waals surface area (Å²) in [6.45, 7) is 5.11. The van der Waals surface area contributed by atoms with Crippen molar-refractivity contribution in [2.75, 3.05) is 13.9 Å². The number of ether oxygens (including phenoxy) is 2. The van der Waals surface area contributed by atoms with Crippen molar-refractivity contribution >= 4 is 0 Å². The Labute approximate surface area is 110 Å². The molecule has 0 aromatic rings. The maximum Gasteiger partial charge on any atom is 0.146 e. The second-order valence-electron chi connectivity index (χ2n) is 7.42. The molecule has 5 atom stereocenters. The molecule has 0 saturated heterocycles. The lowest BCUT2D eigenvalue weighted by atomic mass is 9.62. The molecule has 3 aliphatic rings. The zero-order valence-corrected chi connectivity index (χ0v) is 11.9. The van der Waals surface area contributed by atoms with Crippen LogP contribution in [0, 0.1) is 16.2 Å². The maximum atomic E-state index is 10.3. The first-order chi connectivity index (χ1) is 8.46. The molecule has 1 N–H and O–H groups in total. The summed E-state index contributed by atoms with van der Waals surface area (Å²) in [5.41, 5.74) is 0.681. The molecular weight excluding hydrogens is 228 g/mol. The lowest BCUT2D eigenvalue weighted by Gasteiger charge is -2.48. The van der Waals surface area contributed by atoms with E-state index < -0.39 is 0 Å². The van der Waals surface area contributed by atoms with E-state index in [0.29, 0.717) is 12.2 Å². The van der Waals surface area contributed by atoms with E-state index in [-0.39, 0.29) is 23.0 Å². The number of hydrogen-bond donors (Lipinski definition) is 1. The molecule has 3 nitrogen and oxygen atoms in total. The third kappa shape index (κ3) is 1.47. The van der Waals surface area contributed by atoms with Crippen molar-refractivity contribution in [2.24, 2.45) is 16.2 Å². The molecule has 1 spiro atoms. The largest absolute Gasteiger partial charge is 0.393 e. The third-order valence-electron chi connectivity index (χ3n) is 6.14. The van der Waals surface area contributed by atoms with E-state index in [4.69, 9.17) is 9.47 Å². The molecule has 0 aromatic carbocycles. The third-order valence-corrected chi connectivity index (χ3v) is 6.14. The Bertz CT molecular complexity index is 345. The van der Waals surface area contributed by atoms with Crippen LogP contribution in [0.2, 0.25) is 0 Å². The number of fused-ring (bicyclic) bond motifs is 1. The topological polar surface area (TPSA) is 38.7 Å². The number of methoxy groups -OCH3 is 1. The molecule has 18 heavy (non-hydrogen) atoms. The quantitative estimate of drug-likeness (QED) is 0.787. The number of hydrogen-bond acceptors (Lipinski definition) is 3. The first kappa shape index (κ1) is 12.9. The Kier molecular flexibility index (Phi) is 2.82. The minimum Gasteiger partial charge on any atom is -0.393 e.